The van der Waals surface area contributed by atoms with Crippen molar-refractivity contribution in [2.45, 2.75) is 6.92 Å². The first-order valence-corrected chi connectivity index (χ1v) is 3.46. The number of aryl methyl sites for hydroxylation is 1. The summed E-state index contributed by atoms with van der Waals surface area (Å²) < 4.78 is 0. The van der Waals surface area contributed by atoms with Crippen molar-refractivity contribution < 1.29 is 19.8 Å². The third-order valence-electron chi connectivity index (χ3n) is 1.58. The molecule has 0 aliphatic carbocycles. The summed E-state index contributed by atoms with van der Waals surface area (Å²) in [6.07, 6.45) is 1.27. The number of hydrogen-bond donors (Lipinski definition) is 2. The molecule has 0 amide bonds. The van der Waals surface area contributed by atoms with Gasteiger partial charge in [-0.15, -0.1) is 0 Å². The lowest BCUT2D eigenvalue weighted by atomic mass is 10.1. The van der Waals surface area contributed by atoms with Gasteiger partial charge in [-0.05, 0) is 18.6 Å². The topological polar surface area (TPSA) is 87.5 Å². The summed E-state index contributed by atoms with van der Waals surface area (Å²) in [6.45, 7) is 1.53. The van der Waals surface area contributed by atoms with Crippen LogP contribution in [0.4, 0.5) is 0 Å². The van der Waals surface area contributed by atoms with Gasteiger partial charge in [0.1, 0.15) is 0 Å². The van der Waals surface area contributed by atoms with Crippen molar-refractivity contribution in [2.24, 2.45) is 0 Å². The molecule has 0 bridgehead atoms. The minimum Gasteiger partial charge on any atom is -0.478 e. The van der Waals surface area contributed by atoms with Gasteiger partial charge in [0, 0.05) is 6.20 Å². The standard InChI is InChI=1S/C8H7NO4/c1-4-2-3-9-6(8(12)13)5(4)7(10)11/h2-3H,1H3,(H,10,11)(H,12,13). The Balaban J connectivity index is 3.43. The predicted molar refractivity (Wildman–Crippen MR) is 42.9 cm³/mol. The monoisotopic (exact) mass is 181 g/mol. The van der Waals surface area contributed by atoms with Gasteiger partial charge in [-0.2, -0.15) is 0 Å². The average Bonchev–Trinajstić information content (AvgIpc) is 2.02. The Hall–Kier alpha value is -1.91. The number of nitrogens with zero attached hydrogens (tertiary/aromatic N) is 1. The molecule has 68 valence electrons. The van der Waals surface area contributed by atoms with E-state index in [4.69, 9.17) is 10.2 Å². The summed E-state index contributed by atoms with van der Waals surface area (Å²) in [7, 11) is 0. The van der Waals surface area contributed by atoms with Gasteiger partial charge in [0.25, 0.3) is 0 Å². The van der Waals surface area contributed by atoms with E-state index in [1.165, 1.54) is 19.2 Å². The highest BCUT2D eigenvalue weighted by Gasteiger charge is 2.18. The lowest BCUT2D eigenvalue weighted by molar-refractivity contribution is 0.0645. The van der Waals surface area contributed by atoms with Gasteiger partial charge in [-0.3, -0.25) is 0 Å². The van der Waals surface area contributed by atoms with Gasteiger partial charge >= 0.3 is 11.9 Å². The fourth-order valence-corrected chi connectivity index (χ4v) is 0.990. The van der Waals surface area contributed by atoms with Crippen LogP contribution in [0, 0.1) is 6.92 Å². The van der Waals surface area contributed by atoms with Crippen molar-refractivity contribution in [1.29, 1.82) is 0 Å². The Kier molecular flexibility index (Phi) is 2.27. The van der Waals surface area contributed by atoms with Gasteiger partial charge in [-0.25, -0.2) is 14.6 Å². The molecule has 5 nitrogen and oxygen atoms in total. The molecule has 0 saturated carbocycles. The summed E-state index contributed by atoms with van der Waals surface area (Å²) in [5, 5.41) is 17.3. The van der Waals surface area contributed by atoms with Crippen molar-refractivity contribution in [3.05, 3.63) is 29.1 Å². The quantitative estimate of drug-likeness (QED) is 0.704. The van der Waals surface area contributed by atoms with Crippen molar-refractivity contribution >= 4 is 11.9 Å². The second-order valence-corrected chi connectivity index (χ2v) is 2.46. The van der Waals surface area contributed by atoms with Crippen molar-refractivity contribution in [1.82, 2.24) is 4.98 Å². The highest BCUT2D eigenvalue weighted by atomic mass is 16.4. The average molecular weight is 181 g/mol. The molecule has 13 heavy (non-hydrogen) atoms. The van der Waals surface area contributed by atoms with Crippen LogP contribution in [0.1, 0.15) is 26.4 Å². The molecule has 1 heterocycles. The molecule has 0 aliphatic heterocycles. The van der Waals surface area contributed by atoms with E-state index in [1.54, 1.807) is 0 Å². The van der Waals surface area contributed by atoms with Crippen LogP contribution in [-0.4, -0.2) is 27.1 Å². The molecule has 0 unspecified atom stereocenters. The van der Waals surface area contributed by atoms with Crippen LogP contribution in [0.15, 0.2) is 12.3 Å². The largest absolute Gasteiger partial charge is 0.478 e. The van der Waals surface area contributed by atoms with Crippen LogP contribution < -0.4 is 0 Å². The summed E-state index contributed by atoms with van der Waals surface area (Å²) in [5.41, 5.74) is -0.289. The van der Waals surface area contributed by atoms with Crippen LogP contribution in [0.2, 0.25) is 0 Å². The fraction of sp³-hybridized carbons (Fsp3) is 0.125. The molecule has 0 atom stereocenters. The van der Waals surface area contributed by atoms with E-state index in [2.05, 4.69) is 4.98 Å². The normalized spacial score (nSPS) is 9.62. The maximum Gasteiger partial charge on any atom is 0.355 e. The fourth-order valence-electron chi connectivity index (χ4n) is 0.990. The van der Waals surface area contributed by atoms with Crippen LogP contribution in [0.3, 0.4) is 0 Å². The summed E-state index contributed by atoms with van der Waals surface area (Å²) in [6, 6.07) is 1.45. The molecule has 5 heteroatoms. The number of carbonyl (C=O) groups is 2. The van der Waals surface area contributed by atoms with Crippen LogP contribution >= 0.6 is 0 Å². The first-order chi connectivity index (χ1) is 6.04. The molecule has 1 aromatic heterocycles. The third kappa shape index (κ3) is 1.64. The molecule has 0 radical (unpaired) electrons. The highest BCUT2D eigenvalue weighted by molar-refractivity contribution is 6.01. The van der Waals surface area contributed by atoms with E-state index in [0.29, 0.717) is 5.56 Å². The zero-order valence-electron chi connectivity index (χ0n) is 6.81. The Morgan fingerprint density at radius 2 is 1.92 bits per heavy atom. The zero-order valence-corrected chi connectivity index (χ0v) is 6.81. The number of carboxylic acids is 2. The molecule has 0 spiro atoms. The molecule has 0 aliphatic rings. The molecule has 1 aromatic rings. The molecule has 2 N–H and O–H groups in total. The molecular formula is C8H7NO4. The number of carboxylic acid groups (broad SMARTS) is 2. The SMILES string of the molecule is Cc1ccnc(C(=O)O)c1C(=O)O. The lowest BCUT2D eigenvalue weighted by Gasteiger charge is -2.02. The lowest BCUT2D eigenvalue weighted by Crippen LogP contribution is -2.12. The van der Waals surface area contributed by atoms with Gasteiger partial charge in [0.05, 0.1) is 5.56 Å². The van der Waals surface area contributed by atoms with Crippen LogP contribution in [0.25, 0.3) is 0 Å². The smallest absolute Gasteiger partial charge is 0.355 e. The van der Waals surface area contributed by atoms with E-state index in [1.807, 2.05) is 0 Å². The maximum absolute atomic E-state index is 10.6. The second kappa shape index (κ2) is 3.22. The number of rotatable bonds is 2. The Morgan fingerprint density at radius 1 is 1.31 bits per heavy atom. The summed E-state index contributed by atoms with van der Waals surface area (Å²) in [4.78, 5) is 24.7. The van der Waals surface area contributed by atoms with E-state index >= 15 is 0 Å². The van der Waals surface area contributed by atoms with Gasteiger partial charge in [0.15, 0.2) is 5.69 Å². The van der Waals surface area contributed by atoms with Crippen molar-refractivity contribution in [2.75, 3.05) is 0 Å². The van der Waals surface area contributed by atoms with Gasteiger partial charge < -0.3 is 10.2 Å². The third-order valence-corrected chi connectivity index (χ3v) is 1.58. The molecule has 0 saturated heterocycles. The maximum atomic E-state index is 10.6. The first kappa shape index (κ1) is 9.18. The van der Waals surface area contributed by atoms with Gasteiger partial charge in [-0.1, -0.05) is 0 Å². The second-order valence-electron chi connectivity index (χ2n) is 2.46. The summed E-state index contributed by atoms with van der Waals surface area (Å²) in [5.74, 6) is -2.61. The van der Waals surface area contributed by atoms with Crippen LogP contribution in [0.5, 0.6) is 0 Å². The Morgan fingerprint density at radius 3 is 2.31 bits per heavy atom. The van der Waals surface area contributed by atoms with E-state index < -0.39 is 17.6 Å². The van der Waals surface area contributed by atoms with Crippen molar-refractivity contribution in [3.63, 3.8) is 0 Å². The Bertz CT molecular complexity index is 372. The molecule has 0 fully saturated rings. The van der Waals surface area contributed by atoms with E-state index in [9.17, 15) is 9.59 Å². The number of pyridine rings is 1. The highest BCUT2D eigenvalue weighted by Crippen LogP contribution is 2.11. The zero-order chi connectivity index (χ0) is 10.0. The predicted octanol–water partition coefficient (Wildman–Crippen LogP) is 0.786. The van der Waals surface area contributed by atoms with E-state index in [0.717, 1.165) is 0 Å². The molecular weight excluding hydrogens is 174 g/mol. The number of aromatic carboxylic acids is 2. The minimum atomic E-state index is -1.33. The first-order valence-electron chi connectivity index (χ1n) is 3.46. The molecule has 1 rings (SSSR count). The molecule has 0 aromatic carbocycles. The summed E-state index contributed by atoms with van der Waals surface area (Å²) >= 11 is 0. The van der Waals surface area contributed by atoms with Crippen LogP contribution in [-0.2, 0) is 0 Å². The number of aromatic nitrogens is 1. The van der Waals surface area contributed by atoms with Gasteiger partial charge in [0.2, 0.25) is 0 Å². The minimum absolute atomic E-state index is 0.255. The van der Waals surface area contributed by atoms with Crippen molar-refractivity contribution in [3.8, 4) is 0 Å². The Labute approximate surface area is 73.7 Å². The number of hydrogen-bond acceptors (Lipinski definition) is 3. The van der Waals surface area contributed by atoms with E-state index in [-0.39, 0.29) is 5.56 Å².